The average molecular weight is 239 g/mol. The summed E-state index contributed by atoms with van der Waals surface area (Å²) in [5.74, 6) is -1.13. The van der Waals surface area contributed by atoms with Crippen LogP contribution in [0.3, 0.4) is 0 Å². The molecule has 0 unspecified atom stereocenters. The van der Waals surface area contributed by atoms with Crippen LogP contribution < -0.4 is 0 Å². The molecular formula is C11H17N3O3. The molecule has 0 fully saturated rings. The average Bonchev–Trinajstić information content (AvgIpc) is 2.77. The van der Waals surface area contributed by atoms with Crippen molar-refractivity contribution >= 4 is 11.9 Å². The van der Waals surface area contributed by atoms with E-state index in [1.165, 1.54) is 4.90 Å². The zero-order valence-corrected chi connectivity index (χ0v) is 9.87. The van der Waals surface area contributed by atoms with Crippen LogP contribution >= 0.6 is 0 Å². The van der Waals surface area contributed by atoms with E-state index in [2.05, 4.69) is 5.10 Å². The number of carbonyl (C=O) groups excluding carboxylic acids is 1. The number of carbonyl (C=O) groups is 2. The van der Waals surface area contributed by atoms with Gasteiger partial charge in [0.05, 0.1) is 0 Å². The van der Waals surface area contributed by atoms with Gasteiger partial charge in [0.1, 0.15) is 6.54 Å². The Morgan fingerprint density at radius 3 is 2.76 bits per heavy atom. The quantitative estimate of drug-likeness (QED) is 0.756. The van der Waals surface area contributed by atoms with Crippen LogP contribution in [0, 0.1) is 0 Å². The lowest BCUT2D eigenvalue weighted by Gasteiger charge is -2.19. The predicted molar refractivity (Wildman–Crippen MR) is 61.4 cm³/mol. The van der Waals surface area contributed by atoms with Gasteiger partial charge in [0.2, 0.25) is 5.91 Å². The summed E-state index contributed by atoms with van der Waals surface area (Å²) in [4.78, 5) is 23.8. The van der Waals surface area contributed by atoms with Gasteiger partial charge < -0.3 is 10.0 Å². The Morgan fingerprint density at radius 2 is 2.24 bits per heavy atom. The molecule has 0 aliphatic rings. The molecule has 1 N–H and O–H groups in total. The van der Waals surface area contributed by atoms with Crippen molar-refractivity contribution < 1.29 is 14.7 Å². The van der Waals surface area contributed by atoms with Crippen molar-refractivity contribution in [1.82, 2.24) is 14.7 Å². The van der Waals surface area contributed by atoms with Crippen molar-refractivity contribution in [3.63, 3.8) is 0 Å². The molecule has 0 bridgehead atoms. The molecule has 0 atom stereocenters. The molecule has 1 heterocycles. The van der Waals surface area contributed by atoms with Gasteiger partial charge in [-0.25, -0.2) is 0 Å². The molecule has 6 heteroatoms. The summed E-state index contributed by atoms with van der Waals surface area (Å²) in [6.07, 6.45) is 4.44. The third-order valence-electron chi connectivity index (χ3n) is 2.29. The molecule has 94 valence electrons. The van der Waals surface area contributed by atoms with E-state index < -0.39 is 5.97 Å². The predicted octanol–water partition coefficient (Wildman–Crippen LogP) is 0.596. The molecule has 6 nitrogen and oxygen atoms in total. The van der Waals surface area contributed by atoms with Crippen LogP contribution in [0.15, 0.2) is 18.5 Å². The maximum atomic E-state index is 11.8. The first-order valence-corrected chi connectivity index (χ1v) is 5.60. The van der Waals surface area contributed by atoms with E-state index in [-0.39, 0.29) is 18.9 Å². The van der Waals surface area contributed by atoms with Crippen LogP contribution in [0.1, 0.15) is 19.8 Å². The van der Waals surface area contributed by atoms with E-state index >= 15 is 0 Å². The molecule has 0 aliphatic heterocycles. The number of aryl methyl sites for hydroxylation is 1. The molecule has 0 spiro atoms. The lowest BCUT2D eigenvalue weighted by Crippen LogP contribution is -2.36. The number of nitrogens with zero attached hydrogens (tertiary/aromatic N) is 3. The Hall–Kier alpha value is -1.85. The molecular weight excluding hydrogens is 222 g/mol. The maximum absolute atomic E-state index is 11.8. The van der Waals surface area contributed by atoms with Crippen molar-refractivity contribution in [2.24, 2.45) is 0 Å². The zero-order valence-electron chi connectivity index (χ0n) is 9.87. The topological polar surface area (TPSA) is 75.4 Å². The molecule has 0 aromatic carbocycles. The summed E-state index contributed by atoms with van der Waals surface area (Å²) >= 11 is 0. The molecule has 1 aromatic heterocycles. The van der Waals surface area contributed by atoms with Crippen molar-refractivity contribution in [3.8, 4) is 0 Å². The summed E-state index contributed by atoms with van der Waals surface area (Å²) in [5, 5.41) is 12.7. The Kier molecular flexibility index (Phi) is 5.19. The molecule has 1 amide bonds. The smallest absolute Gasteiger partial charge is 0.323 e. The SMILES string of the molecule is CCCN(CC(=O)O)C(=O)CCn1cccn1. The van der Waals surface area contributed by atoms with Gasteiger partial charge in [0.25, 0.3) is 0 Å². The minimum Gasteiger partial charge on any atom is -0.480 e. The van der Waals surface area contributed by atoms with Crippen molar-refractivity contribution in [2.45, 2.75) is 26.3 Å². The molecule has 0 aliphatic carbocycles. The minimum atomic E-state index is -0.981. The lowest BCUT2D eigenvalue weighted by molar-refractivity contribution is -0.144. The Labute approximate surface area is 99.8 Å². The second-order valence-electron chi connectivity index (χ2n) is 3.73. The summed E-state index contributed by atoms with van der Waals surface area (Å²) in [7, 11) is 0. The summed E-state index contributed by atoms with van der Waals surface area (Å²) in [6, 6.07) is 1.78. The number of hydrogen-bond donors (Lipinski definition) is 1. The highest BCUT2D eigenvalue weighted by Gasteiger charge is 2.15. The van der Waals surface area contributed by atoms with Gasteiger partial charge in [-0.2, -0.15) is 5.10 Å². The van der Waals surface area contributed by atoms with Crippen LogP contribution in [0.4, 0.5) is 0 Å². The van der Waals surface area contributed by atoms with E-state index in [1.54, 1.807) is 23.1 Å². The number of carboxylic acids is 1. The van der Waals surface area contributed by atoms with Gasteiger partial charge in [-0.3, -0.25) is 14.3 Å². The monoisotopic (exact) mass is 239 g/mol. The molecule has 1 aromatic rings. The van der Waals surface area contributed by atoms with Gasteiger partial charge in [-0.05, 0) is 12.5 Å². The fourth-order valence-electron chi connectivity index (χ4n) is 1.53. The number of rotatable bonds is 7. The number of hydrogen-bond acceptors (Lipinski definition) is 3. The highest BCUT2D eigenvalue weighted by molar-refractivity contribution is 5.81. The van der Waals surface area contributed by atoms with E-state index in [0.717, 1.165) is 6.42 Å². The Balaban J connectivity index is 2.44. The van der Waals surface area contributed by atoms with E-state index in [1.807, 2.05) is 6.92 Å². The molecule has 0 saturated carbocycles. The maximum Gasteiger partial charge on any atom is 0.323 e. The van der Waals surface area contributed by atoms with Gasteiger partial charge in [0, 0.05) is 31.9 Å². The van der Waals surface area contributed by atoms with Crippen molar-refractivity contribution in [1.29, 1.82) is 0 Å². The first-order valence-electron chi connectivity index (χ1n) is 5.60. The standard InChI is InChI=1S/C11H17N3O3/c1-2-6-13(9-11(16)17)10(15)4-8-14-7-3-5-12-14/h3,5,7H,2,4,6,8-9H2,1H3,(H,16,17). The van der Waals surface area contributed by atoms with E-state index in [9.17, 15) is 9.59 Å². The van der Waals surface area contributed by atoms with Crippen LogP contribution in [-0.2, 0) is 16.1 Å². The fourth-order valence-corrected chi connectivity index (χ4v) is 1.53. The van der Waals surface area contributed by atoms with Crippen molar-refractivity contribution in [2.75, 3.05) is 13.1 Å². The Bertz CT molecular complexity index is 362. The van der Waals surface area contributed by atoms with E-state index in [4.69, 9.17) is 5.11 Å². The first-order chi connectivity index (χ1) is 8.13. The second-order valence-corrected chi connectivity index (χ2v) is 3.73. The summed E-state index contributed by atoms with van der Waals surface area (Å²) < 4.78 is 1.66. The van der Waals surface area contributed by atoms with Crippen molar-refractivity contribution in [3.05, 3.63) is 18.5 Å². The number of amides is 1. The normalized spacial score (nSPS) is 10.2. The second kappa shape index (κ2) is 6.67. The van der Waals surface area contributed by atoms with E-state index in [0.29, 0.717) is 13.1 Å². The molecule has 0 radical (unpaired) electrons. The molecule has 17 heavy (non-hydrogen) atoms. The number of carboxylic acid groups (broad SMARTS) is 1. The van der Waals surface area contributed by atoms with Crippen LogP contribution in [0.5, 0.6) is 0 Å². The number of aromatic nitrogens is 2. The lowest BCUT2D eigenvalue weighted by atomic mass is 10.3. The highest BCUT2D eigenvalue weighted by Crippen LogP contribution is 1.99. The molecule has 0 saturated heterocycles. The molecule has 1 rings (SSSR count). The fraction of sp³-hybridized carbons (Fsp3) is 0.545. The van der Waals surface area contributed by atoms with Gasteiger partial charge in [-0.1, -0.05) is 6.92 Å². The largest absolute Gasteiger partial charge is 0.480 e. The van der Waals surface area contributed by atoms with Crippen LogP contribution in [0.25, 0.3) is 0 Å². The number of aliphatic carboxylic acids is 1. The minimum absolute atomic E-state index is 0.148. The van der Waals surface area contributed by atoms with Crippen LogP contribution in [-0.4, -0.2) is 44.8 Å². The van der Waals surface area contributed by atoms with Gasteiger partial charge in [0.15, 0.2) is 0 Å². The van der Waals surface area contributed by atoms with Gasteiger partial charge in [-0.15, -0.1) is 0 Å². The van der Waals surface area contributed by atoms with Gasteiger partial charge >= 0.3 is 5.97 Å². The first kappa shape index (κ1) is 13.2. The third-order valence-corrected chi connectivity index (χ3v) is 2.29. The highest BCUT2D eigenvalue weighted by atomic mass is 16.4. The summed E-state index contributed by atoms with van der Waals surface area (Å²) in [6.45, 7) is 2.64. The zero-order chi connectivity index (χ0) is 12.7. The Morgan fingerprint density at radius 1 is 1.47 bits per heavy atom. The summed E-state index contributed by atoms with van der Waals surface area (Å²) in [5.41, 5.74) is 0. The third kappa shape index (κ3) is 4.67. The van der Waals surface area contributed by atoms with Crippen LogP contribution in [0.2, 0.25) is 0 Å².